The van der Waals surface area contributed by atoms with Crippen LogP contribution in [0.25, 0.3) is 11.3 Å². The van der Waals surface area contributed by atoms with Gasteiger partial charge in [-0.15, -0.1) is 0 Å². The van der Waals surface area contributed by atoms with E-state index in [4.69, 9.17) is 10.00 Å². The molecular weight excluding hydrogens is 270 g/mol. The number of benzene rings is 1. The standard InChI is InChI=1S/C14H13N5O2/c1-21-12-4-2-10(3-5-12)14-11(9-17-19-14)8-16-18-13(20)6-7-15/h2-5,8-9H,6H2,1H3,(H,17,19)(H,18,20). The number of carbonyl (C=O) groups excluding carboxylic acids is 1. The van der Waals surface area contributed by atoms with E-state index in [1.54, 1.807) is 19.4 Å². The number of amides is 1. The van der Waals surface area contributed by atoms with E-state index in [2.05, 4.69) is 20.7 Å². The van der Waals surface area contributed by atoms with Crippen molar-refractivity contribution in [2.24, 2.45) is 5.10 Å². The number of ether oxygens (including phenoxy) is 1. The highest BCUT2D eigenvalue weighted by molar-refractivity contribution is 5.89. The first-order valence-corrected chi connectivity index (χ1v) is 6.11. The van der Waals surface area contributed by atoms with E-state index in [1.807, 2.05) is 24.3 Å². The fraction of sp³-hybridized carbons (Fsp3) is 0.143. The Labute approximate surface area is 121 Å². The van der Waals surface area contributed by atoms with Crippen LogP contribution in [0.1, 0.15) is 12.0 Å². The van der Waals surface area contributed by atoms with Crippen molar-refractivity contribution >= 4 is 12.1 Å². The third kappa shape index (κ3) is 3.67. The largest absolute Gasteiger partial charge is 0.497 e. The van der Waals surface area contributed by atoms with Crippen LogP contribution in [-0.2, 0) is 4.79 Å². The molecule has 7 nitrogen and oxygen atoms in total. The van der Waals surface area contributed by atoms with Gasteiger partial charge in [-0.25, -0.2) is 5.43 Å². The molecule has 0 fully saturated rings. The maximum absolute atomic E-state index is 11.1. The number of H-pyrrole nitrogens is 1. The number of hydrogen-bond donors (Lipinski definition) is 2. The molecule has 106 valence electrons. The molecule has 1 aromatic heterocycles. The summed E-state index contributed by atoms with van der Waals surface area (Å²) in [5, 5.41) is 19.0. The molecule has 0 saturated heterocycles. The lowest BCUT2D eigenvalue weighted by Gasteiger charge is -2.02. The van der Waals surface area contributed by atoms with Gasteiger partial charge in [0.2, 0.25) is 0 Å². The molecule has 2 N–H and O–H groups in total. The summed E-state index contributed by atoms with van der Waals surface area (Å²) in [5.41, 5.74) is 4.67. The molecule has 0 spiro atoms. The molecule has 0 saturated carbocycles. The smallest absolute Gasteiger partial charge is 0.254 e. The minimum Gasteiger partial charge on any atom is -0.497 e. The first-order valence-electron chi connectivity index (χ1n) is 6.11. The number of nitrogens with one attached hydrogen (secondary N) is 2. The van der Waals surface area contributed by atoms with Crippen molar-refractivity contribution in [1.82, 2.24) is 15.6 Å². The Kier molecular flexibility index (Phi) is 4.66. The Hall–Kier alpha value is -3.14. The highest BCUT2D eigenvalue weighted by Gasteiger charge is 2.06. The molecule has 1 aromatic carbocycles. The van der Waals surface area contributed by atoms with E-state index in [-0.39, 0.29) is 6.42 Å². The van der Waals surface area contributed by atoms with E-state index in [0.717, 1.165) is 22.6 Å². The zero-order valence-electron chi connectivity index (χ0n) is 11.3. The van der Waals surface area contributed by atoms with Gasteiger partial charge in [-0.05, 0) is 24.3 Å². The molecule has 0 bridgehead atoms. The van der Waals surface area contributed by atoms with Gasteiger partial charge < -0.3 is 4.74 Å². The third-order valence-electron chi connectivity index (χ3n) is 2.68. The SMILES string of the molecule is COc1ccc(-c2[nH]ncc2C=NNC(=O)CC#N)cc1. The summed E-state index contributed by atoms with van der Waals surface area (Å²) in [6, 6.07) is 9.19. The van der Waals surface area contributed by atoms with Gasteiger partial charge >= 0.3 is 0 Å². The minimum atomic E-state index is -0.455. The van der Waals surface area contributed by atoms with Gasteiger partial charge in [0, 0.05) is 11.1 Å². The summed E-state index contributed by atoms with van der Waals surface area (Å²) in [5.74, 6) is 0.306. The van der Waals surface area contributed by atoms with E-state index in [1.165, 1.54) is 6.21 Å². The van der Waals surface area contributed by atoms with Crippen LogP contribution in [0, 0.1) is 11.3 Å². The van der Waals surface area contributed by atoms with Crippen LogP contribution in [-0.4, -0.2) is 29.4 Å². The van der Waals surface area contributed by atoms with Crippen LogP contribution in [0.5, 0.6) is 5.75 Å². The maximum Gasteiger partial charge on any atom is 0.254 e. The number of hydrogen-bond acceptors (Lipinski definition) is 5. The zero-order valence-corrected chi connectivity index (χ0v) is 11.3. The molecule has 21 heavy (non-hydrogen) atoms. The van der Waals surface area contributed by atoms with Gasteiger partial charge in [-0.2, -0.15) is 15.5 Å². The third-order valence-corrected chi connectivity index (χ3v) is 2.68. The van der Waals surface area contributed by atoms with E-state index >= 15 is 0 Å². The van der Waals surface area contributed by atoms with Gasteiger partial charge in [0.05, 0.1) is 31.3 Å². The van der Waals surface area contributed by atoms with Gasteiger partial charge in [0.15, 0.2) is 0 Å². The molecule has 1 amide bonds. The molecule has 0 aliphatic rings. The summed E-state index contributed by atoms with van der Waals surface area (Å²) in [4.78, 5) is 11.1. The molecular formula is C14H13N5O2. The van der Waals surface area contributed by atoms with Crippen molar-refractivity contribution in [3.63, 3.8) is 0 Å². The number of methoxy groups -OCH3 is 1. The number of carbonyl (C=O) groups is 1. The summed E-state index contributed by atoms with van der Waals surface area (Å²) in [6.07, 6.45) is 2.84. The van der Waals surface area contributed by atoms with Gasteiger partial charge in [0.25, 0.3) is 5.91 Å². The monoisotopic (exact) mass is 283 g/mol. The number of nitrogens with zero attached hydrogens (tertiary/aromatic N) is 3. The van der Waals surface area contributed by atoms with Crippen LogP contribution in [0.3, 0.4) is 0 Å². The molecule has 0 aliphatic heterocycles. The first-order chi connectivity index (χ1) is 10.2. The lowest BCUT2D eigenvalue weighted by Crippen LogP contribution is -2.16. The Morgan fingerprint density at radius 1 is 1.52 bits per heavy atom. The Balaban J connectivity index is 2.13. The molecule has 2 aromatic rings. The van der Waals surface area contributed by atoms with Crippen molar-refractivity contribution in [3.8, 4) is 23.1 Å². The van der Waals surface area contributed by atoms with Crippen molar-refractivity contribution in [2.75, 3.05) is 7.11 Å². The highest BCUT2D eigenvalue weighted by atomic mass is 16.5. The molecule has 7 heteroatoms. The number of aromatic nitrogens is 2. The second kappa shape index (κ2) is 6.86. The predicted octanol–water partition coefficient (Wildman–Crippen LogP) is 1.45. The molecule has 0 radical (unpaired) electrons. The Morgan fingerprint density at radius 2 is 2.29 bits per heavy atom. The van der Waals surface area contributed by atoms with E-state index in [9.17, 15) is 4.79 Å². The number of hydrazone groups is 1. The quantitative estimate of drug-likeness (QED) is 0.640. The van der Waals surface area contributed by atoms with Crippen molar-refractivity contribution < 1.29 is 9.53 Å². The Bertz CT molecular complexity index is 682. The van der Waals surface area contributed by atoms with Crippen LogP contribution in [0.2, 0.25) is 0 Å². The number of rotatable bonds is 5. The zero-order chi connectivity index (χ0) is 15.1. The maximum atomic E-state index is 11.1. The summed E-state index contributed by atoms with van der Waals surface area (Å²) in [6.45, 7) is 0. The first kappa shape index (κ1) is 14.3. The summed E-state index contributed by atoms with van der Waals surface area (Å²) < 4.78 is 5.11. The molecule has 0 aliphatic carbocycles. The van der Waals surface area contributed by atoms with Crippen LogP contribution in [0.4, 0.5) is 0 Å². The molecule has 0 atom stereocenters. The van der Waals surface area contributed by atoms with Crippen molar-refractivity contribution in [2.45, 2.75) is 6.42 Å². The Morgan fingerprint density at radius 3 is 2.95 bits per heavy atom. The van der Waals surface area contributed by atoms with Crippen LogP contribution < -0.4 is 10.2 Å². The van der Waals surface area contributed by atoms with Gasteiger partial charge in [-0.1, -0.05) is 0 Å². The van der Waals surface area contributed by atoms with Crippen molar-refractivity contribution in [3.05, 3.63) is 36.0 Å². The average molecular weight is 283 g/mol. The molecule has 2 rings (SSSR count). The van der Waals surface area contributed by atoms with E-state index < -0.39 is 5.91 Å². The average Bonchev–Trinajstić information content (AvgIpc) is 2.96. The van der Waals surface area contributed by atoms with E-state index in [0.29, 0.717) is 0 Å². The second-order valence-corrected chi connectivity index (χ2v) is 4.06. The number of aromatic amines is 1. The number of nitriles is 1. The summed E-state index contributed by atoms with van der Waals surface area (Å²) in [7, 11) is 1.60. The van der Waals surface area contributed by atoms with Crippen LogP contribution >= 0.6 is 0 Å². The van der Waals surface area contributed by atoms with Crippen LogP contribution in [0.15, 0.2) is 35.6 Å². The molecule has 1 heterocycles. The fourth-order valence-corrected chi connectivity index (χ4v) is 1.67. The molecule has 0 unspecified atom stereocenters. The normalized spacial score (nSPS) is 10.3. The highest BCUT2D eigenvalue weighted by Crippen LogP contribution is 2.22. The lowest BCUT2D eigenvalue weighted by molar-refractivity contribution is -0.120. The van der Waals surface area contributed by atoms with Gasteiger partial charge in [-0.3, -0.25) is 9.89 Å². The lowest BCUT2D eigenvalue weighted by atomic mass is 10.1. The second-order valence-electron chi connectivity index (χ2n) is 4.06. The minimum absolute atomic E-state index is 0.228. The fourth-order valence-electron chi connectivity index (χ4n) is 1.67. The van der Waals surface area contributed by atoms with Gasteiger partial charge in [0.1, 0.15) is 12.2 Å². The van der Waals surface area contributed by atoms with Crippen molar-refractivity contribution in [1.29, 1.82) is 5.26 Å². The summed E-state index contributed by atoms with van der Waals surface area (Å²) >= 11 is 0. The predicted molar refractivity (Wildman–Crippen MR) is 76.5 cm³/mol. The topological polar surface area (TPSA) is 103 Å².